The number of allylic oxidation sites excluding steroid dienone is 3. The molecule has 0 bridgehead atoms. The number of hydrogen-bond donors (Lipinski definition) is 6. The van der Waals surface area contributed by atoms with E-state index in [4.69, 9.17) is 65.6 Å². The van der Waals surface area contributed by atoms with Crippen molar-refractivity contribution < 1.29 is 102 Å². The number of nitrogens with one attached hydrogen (secondary N) is 3. The molecule has 0 fully saturated rings. The van der Waals surface area contributed by atoms with Crippen LogP contribution in [0.3, 0.4) is 0 Å². The number of amides is 8. The molecule has 0 spiro atoms. The number of halogens is 15. The first kappa shape index (κ1) is 81.3. The Bertz CT molecular complexity index is 4000. The summed E-state index contributed by atoms with van der Waals surface area (Å²) in [6.07, 6.45) is -10.1. The summed E-state index contributed by atoms with van der Waals surface area (Å²) in [5.74, 6) is -5.18. The van der Waals surface area contributed by atoms with Gasteiger partial charge >= 0.3 is 60.5 Å². The van der Waals surface area contributed by atoms with Gasteiger partial charge in [-0.05, 0) is 103 Å². The molecule has 3 aromatic heterocycles. The monoisotopic (exact) mass is 1660 g/mol. The Morgan fingerprint density at radius 1 is 0.510 bits per heavy atom. The SMILES string of the molecule is BrBr.COC(=O)C1=C(C)N(c2cccc(C(F)(F)F)c2)C(=O)N[C@@H]1c1ccc(C(=O)O)nc1.COC(=O)C1=C(C)N(c2cccc(C(F)(F)F)c2)C(=O)N[C@@H]1c1ccc(C(N)=O)nc1.COC(=O)C1=C(CBr)N(c2cccc(C(F)(F)F)c2)C(=O)N[C@@H]1c1ccc(C(N)=O)nc1.ClC(Cl)Cl. The minimum Gasteiger partial charge on any atom is -0.477 e. The number of carboxylic acids is 1. The predicted octanol–water partition coefficient (Wildman–Crippen LogP) is 13.4. The fourth-order valence-electron chi connectivity index (χ4n) is 9.64. The molecule has 0 unspecified atom stereocenters. The second-order valence-corrected chi connectivity index (χ2v) is 22.5. The lowest BCUT2D eigenvalue weighted by Crippen LogP contribution is -2.49. The highest BCUT2D eigenvalue weighted by Crippen LogP contribution is 2.41. The van der Waals surface area contributed by atoms with Crippen molar-refractivity contribution in [2.24, 2.45) is 11.5 Å². The van der Waals surface area contributed by atoms with Crippen molar-refractivity contribution in [3.8, 4) is 0 Å². The van der Waals surface area contributed by atoms with Crippen LogP contribution in [0.4, 0.5) is 71.0 Å². The molecule has 0 radical (unpaired) electrons. The third kappa shape index (κ3) is 20.0. The first-order valence-corrected chi connectivity index (χ1v) is 33.6. The number of hydrogen-bond acceptors (Lipinski definition) is 15. The summed E-state index contributed by atoms with van der Waals surface area (Å²) in [4.78, 5) is 124. The molecule has 9 rings (SSSR count). The molecular formula is C61H50Br3Cl3F9N11O13. The maximum absolute atomic E-state index is 13.2. The van der Waals surface area contributed by atoms with E-state index >= 15 is 0 Å². The van der Waals surface area contributed by atoms with Gasteiger partial charge in [0.05, 0.1) is 95.6 Å². The maximum atomic E-state index is 13.2. The van der Waals surface area contributed by atoms with Gasteiger partial charge in [0.1, 0.15) is 17.1 Å². The molecule has 39 heteroatoms. The molecular weight excluding hydrogens is 1610 g/mol. The average molecular weight is 1660 g/mol. The Morgan fingerprint density at radius 2 is 0.790 bits per heavy atom. The Hall–Kier alpha value is -9.36. The van der Waals surface area contributed by atoms with Crippen LogP contribution in [0.2, 0.25) is 0 Å². The molecule has 3 aliphatic heterocycles. The Morgan fingerprint density at radius 3 is 1.05 bits per heavy atom. The number of alkyl halides is 13. The number of methoxy groups -OCH3 is 3. The number of carbonyl (C=O) groups excluding carboxylic acids is 8. The lowest BCUT2D eigenvalue weighted by molar-refractivity contribution is -0.138. The molecule has 3 aliphatic rings. The van der Waals surface area contributed by atoms with Gasteiger partial charge in [-0.25, -0.2) is 38.5 Å². The molecule has 3 aromatic carbocycles. The van der Waals surface area contributed by atoms with Gasteiger partial charge in [-0.2, -0.15) is 39.5 Å². The molecule has 6 heterocycles. The van der Waals surface area contributed by atoms with Crippen LogP contribution in [0.5, 0.6) is 0 Å². The summed E-state index contributed by atoms with van der Waals surface area (Å²) in [6, 6.07) is 15.2. The van der Waals surface area contributed by atoms with Crippen LogP contribution in [-0.4, -0.2) is 105 Å². The van der Waals surface area contributed by atoms with Crippen LogP contribution in [0.1, 0.15) is 96.8 Å². The van der Waals surface area contributed by atoms with Crippen molar-refractivity contribution in [1.82, 2.24) is 30.9 Å². The minimum atomic E-state index is -4.62. The lowest BCUT2D eigenvalue weighted by Gasteiger charge is -2.36. The third-order valence-electron chi connectivity index (χ3n) is 14.0. The fourth-order valence-corrected chi connectivity index (χ4v) is 10.2. The molecule has 0 saturated carbocycles. The predicted molar refractivity (Wildman–Crippen MR) is 354 cm³/mol. The van der Waals surface area contributed by atoms with E-state index in [2.05, 4.69) is 75.1 Å². The second kappa shape index (κ2) is 35.1. The third-order valence-corrected chi connectivity index (χ3v) is 14.6. The van der Waals surface area contributed by atoms with E-state index in [9.17, 15) is 82.7 Å². The van der Waals surface area contributed by atoms with Gasteiger partial charge < -0.3 is 46.7 Å². The van der Waals surface area contributed by atoms with E-state index in [1.54, 1.807) is 0 Å². The number of anilines is 3. The van der Waals surface area contributed by atoms with Crippen molar-refractivity contribution in [3.63, 3.8) is 0 Å². The lowest BCUT2D eigenvalue weighted by atomic mass is 9.95. The molecule has 8 N–H and O–H groups in total. The summed E-state index contributed by atoms with van der Waals surface area (Å²) in [5, 5.41) is 16.6. The van der Waals surface area contributed by atoms with Gasteiger partial charge in [0.15, 0.2) is 4.30 Å². The summed E-state index contributed by atoms with van der Waals surface area (Å²) in [6.45, 7) is 2.82. The van der Waals surface area contributed by atoms with Crippen LogP contribution >= 0.6 is 79.0 Å². The number of urea groups is 3. The highest BCUT2D eigenvalue weighted by Gasteiger charge is 2.43. The van der Waals surface area contributed by atoms with E-state index in [1.807, 2.05) is 0 Å². The van der Waals surface area contributed by atoms with Crippen LogP contribution < -0.4 is 42.1 Å². The Kier molecular flexibility index (Phi) is 28.5. The van der Waals surface area contributed by atoms with E-state index in [1.165, 1.54) is 87.0 Å². The first-order valence-electron chi connectivity index (χ1n) is 27.5. The van der Waals surface area contributed by atoms with Crippen LogP contribution in [0.25, 0.3) is 0 Å². The molecule has 24 nitrogen and oxygen atoms in total. The molecule has 100 heavy (non-hydrogen) atoms. The van der Waals surface area contributed by atoms with E-state index in [0.717, 1.165) is 90.6 Å². The number of pyridine rings is 3. The van der Waals surface area contributed by atoms with E-state index in [0.29, 0.717) is 16.7 Å². The summed E-state index contributed by atoms with van der Waals surface area (Å²) in [7, 11) is 3.40. The van der Waals surface area contributed by atoms with Gasteiger partial charge in [-0.15, -0.1) is 0 Å². The number of aromatic carboxylic acids is 1. The number of carboxylic acid groups (broad SMARTS) is 1. The van der Waals surface area contributed by atoms with E-state index < -0.39 is 111 Å². The molecule has 8 amide bonds. The number of primary amides is 2. The number of ether oxygens (including phenoxy) is 3. The highest BCUT2D eigenvalue weighted by molar-refractivity contribution is 9.93. The zero-order valence-corrected chi connectivity index (χ0v) is 58.5. The number of carbonyl (C=O) groups is 9. The zero-order chi connectivity index (χ0) is 75.1. The number of nitrogens with two attached hydrogens (primary N) is 2. The zero-order valence-electron chi connectivity index (χ0n) is 51.5. The number of nitrogens with zero attached hydrogens (tertiary/aromatic N) is 6. The summed E-state index contributed by atoms with van der Waals surface area (Å²) in [5.41, 5.74) is 8.10. The maximum Gasteiger partial charge on any atom is 0.416 e. The van der Waals surface area contributed by atoms with Crippen molar-refractivity contribution >= 4 is 150 Å². The van der Waals surface area contributed by atoms with Crippen molar-refractivity contribution in [3.05, 3.63) is 212 Å². The molecule has 0 aliphatic carbocycles. The van der Waals surface area contributed by atoms with Gasteiger partial charge in [-0.1, -0.05) is 87.1 Å². The smallest absolute Gasteiger partial charge is 0.416 e. The van der Waals surface area contributed by atoms with E-state index in [-0.39, 0.29) is 73.3 Å². The minimum absolute atomic E-state index is 0.00635. The fraction of sp³-hybridized carbons (Fsp3) is 0.213. The number of rotatable bonds is 13. The van der Waals surface area contributed by atoms with Gasteiger partial charge in [-0.3, -0.25) is 34.3 Å². The number of benzene rings is 3. The molecule has 532 valence electrons. The second-order valence-electron chi connectivity index (χ2n) is 20.0. The average Bonchev–Trinajstić information content (AvgIpc) is 0.775. The largest absolute Gasteiger partial charge is 0.477 e. The number of aromatic nitrogens is 3. The van der Waals surface area contributed by atoms with Crippen LogP contribution in [0.15, 0.2) is 162 Å². The quantitative estimate of drug-likeness (QED) is 0.0271. The van der Waals surface area contributed by atoms with Gasteiger partial charge in [0.25, 0.3) is 11.8 Å². The summed E-state index contributed by atoms with van der Waals surface area (Å²) < 4.78 is 132. The standard InChI is InChI=1S/C20H16BrF3N4O4.C20H17F3N4O4.C20H16F3N3O5.CHCl3.Br2/c1-32-18(30)15-14(8-21)28(12-4-2-3-11(7-12)20(22,23)24)19(31)27-16(15)10-5-6-13(17(25)29)26-9-10;1-10-15(18(29)31-2)16(11-6-7-14(17(24)28)25-9-11)26-19(30)27(10)13-5-3-4-12(8-13)20(21,22)23;1-10-15(18(29)31-2)16(11-6-7-14(17(27)28)24-9-11)25-19(30)26(10)13-5-3-4-12(8-13)20(21,22)23;2-1(3)4;1-2/h2-7,9,16H,8H2,1H3,(H2,25,29)(H,27,31);3-9,16H,1-2H3,(H2,24,28)(H,26,30);3-9,16H,1-2H3,(H,25,30)(H,27,28);1H;/t3*16-;;/m111../s1. The molecule has 6 aromatic rings. The normalized spacial score (nSPS) is 16.1. The Balaban J connectivity index is 0.000000260. The first-order chi connectivity index (χ1) is 46.9. The number of esters is 3. The summed E-state index contributed by atoms with van der Waals surface area (Å²) >= 11 is 23.1. The molecule has 0 saturated heterocycles. The van der Waals surface area contributed by atoms with Gasteiger partial charge in [0, 0.05) is 63.6 Å². The van der Waals surface area contributed by atoms with Crippen molar-refractivity contribution in [1.29, 1.82) is 0 Å². The van der Waals surface area contributed by atoms with Gasteiger partial charge in [0.2, 0.25) is 0 Å². The highest BCUT2D eigenvalue weighted by atomic mass is 80.9. The van der Waals surface area contributed by atoms with Crippen LogP contribution in [-0.2, 0) is 47.1 Å². The van der Waals surface area contributed by atoms with Crippen molar-refractivity contribution in [2.45, 2.75) is 54.8 Å². The topological polar surface area (TPSA) is 338 Å². The molecule has 3 atom stereocenters. The van der Waals surface area contributed by atoms with Crippen LogP contribution in [0, 0.1) is 0 Å². The Labute approximate surface area is 598 Å². The van der Waals surface area contributed by atoms with Crippen molar-refractivity contribution in [2.75, 3.05) is 41.4 Å².